The topological polar surface area (TPSA) is 18.5 Å². The summed E-state index contributed by atoms with van der Waals surface area (Å²) >= 11 is 0. The van der Waals surface area contributed by atoms with Gasteiger partial charge < -0.3 is 8.85 Å². The van der Waals surface area contributed by atoms with Crippen LogP contribution in [0.1, 0.15) is 114 Å². The molecule has 0 aliphatic heterocycles. The lowest BCUT2D eigenvalue weighted by Crippen LogP contribution is -2.69. The molecule has 1 unspecified atom stereocenters. The van der Waals surface area contributed by atoms with Crippen LogP contribution in [0.15, 0.2) is 0 Å². The molecule has 162 valence electrons. The van der Waals surface area contributed by atoms with Crippen LogP contribution in [-0.4, -0.2) is 22.8 Å². The van der Waals surface area contributed by atoms with Crippen molar-refractivity contribution in [3.63, 3.8) is 0 Å². The van der Waals surface area contributed by atoms with Crippen molar-refractivity contribution in [1.29, 1.82) is 0 Å². The van der Waals surface area contributed by atoms with E-state index in [1.807, 2.05) is 14.2 Å². The van der Waals surface area contributed by atoms with Gasteiger partial charge in [0.05, 0.1) is 0 Å². The van der Waals surface area contributed by atoms with Gasteiger partial charge in [-0.05, 0) is 61.7 Å². The molecule has 0 N–H and O–H groups in total. The summed E-state index contributed by atoms with van der Waals surface area (Å²) in [6.45, 7) is 21.8. The van der Waals surface area contributed by atoms with Gasteiger partial charge in [-0.1, -0.05) is 68.7 Å². The Balaban J connectivity index is 3.98. The third kappa shape index (κ3) is 3.01. The molecule has 1 aliphatic carbocycles. The predicted molar refractivity (Wildman–Crippen MR) is 122 cm³/mol. The van der Waals surface area contributed by atoms with E-state index in [9.17, 15) is 0 Å². The van der Waals surface area contributed by atoms with Crippen molar-refractivity contribution in [2.24, 2.45) is 16.7 Å². The normalized spacial score (nSPS) is 25.8. The van der Waals surface area contributed by atoms with Crippen molar-refractivity contribution in [3.05, 3.63) is 0 Å². The Kier molecular flexibility index (Phi) is 8.27. The van der Waals surface area contributed by atoms with E-state index in [1.54, 1.807) is 0 Å². The maximum absolute atomic E-state index is 6.70. The monoisotopic (exact) mass is 398 g/mol. The molecular weight excluding hydrogens is 348 g/mol. The average molecular weight is 399 g/mol. The molecule has 1 rings (SSSR count). The largest absolute Gasteiger partial charge is 0.397 e. The number of rotatable bonds is 10. The number of hydrogen-bond donors (Lipinski definition) is 0. The number of hydrogen-bond acceptors (Lipinski definition) is 2. The molecule has 0 bridgehead atoms. The standard InChI is InChI=1S/C24H50O2Si/c1-12-22(13-2)18-17-19-24(16-5,23(22,14-3)15-4)27(25-10,26-11)21(8,9)20(6)7/h20H,12-19H2,1-11H3. The first kappa shape index (κ1) is 25.2. The highest BCUT2D eigenvalue weighted by Gasteiger charge is 2.74. The van der Waals surface area contributed by atoms with Gasteiger partial charge in [0.1, 0.15) is 0 Å². The molecule has 0 aromatic rings. The van der Waals surface area contributed by atoms with Gasteiger partial charge in [0, 0.05) is 24.3 Å². The molecule has 0 amide bonds. The van der Waals surface area contributed by atoms with Crippen molar-refractivity contribution in [2.45, 2.75) is 124 Å². The minimum atomic E-state index is -2.58. The molecule has 0 aromatic carbocycles. The third-order valence-corrected chi connectivity index (χ3v) is 15.6. The zero-order valence-electron chi connectivity index (χ0n) is 20.6. The van der Waals surface area contributed by atoms with Gasteiger partial charge in [-0.15, -0.1) is 0 Å². The SMILES string of the molecule is CCC1(CC)CCCC(CC)([Si](OC)(OC)C(C)(C)C(C)C)C1(CC)CC. The van der Waals surface area contributed by atoms with Crippen molar-refractivity contribution < 1.29 is 8.85 Å². The van der Waals surface area contributed by atoms with Gasteiger partial charge in [0.25, 0.3) is 0 Å². The summed E-state index contributed by atoms with van der Waals surface area (Å²) in [6, 6.07) is 0. The quantitative estimate of drug-likeness (QED) is 0.346. The fourth-order valence-corrected chi connectivity index (χ4v) is 14.1. The van der Waals surface area contributed by atoms with E-state index in [2.05, 4.69) is 62.3 Å². The van der Waals surface area contributed by atoms with Gasteiger partial charge in [0.15, 0.2) is 0 Å². The summed E-state index contributed by atoms with van der Waals surface area (Å²) < 4.78 is 13.4. The summed E-state index contributed by atoms with van der Waals surface area (Å²) in [4.78, 5) is 0. The minimum absolute atomic E-state index is 0.0483. The van der Waals surface area contributed by atoms with Gasteiger partial charge in [0.2, 0.25) is 0 Å². The van der Waals surface area contributed by atoms with Gasteiger partial charge >= 0.3 is 8.56 Å². The smallest absolute Gasteiger partial charge is 0.350 e. The van der Waals surface area contributed by atoms with Crippen LogP contribution in [0.4, 0.5) is 0 Å². The summed E-state index contributed by atoms with van der Waals surface area (Å²) in [5.41, 5.74) is 0.675. The Morgan fingerprint density at radius 3 is 1.59 bits per heavy atom. The Labute approximate surface area is 172 Å². The van der Waals surface area contributed by atoms with Crippen LogP contribution in [0.25, 0.3) is 0 Å². The average Bonchev–Trinajstić information content (AvgIpc) is 2.68. The van der Waals surface area contributed by atoms with E-state index in [0.717, 1.165) is 0 Å². The molecule has 0 radical (unpaired) electrons. The zero-order chi connectivity index (χ0) is 21.1. The van der Waals surface area contributed by atoms with E-state index in [0.29, 0.717) is 11.3 Å². The molecule has 1 saturated carbocycles. The van der Waals surface area contributed by atoms with Crippen LogP contribution in [0, 0.1) is 16.7 Å². The molecule has 0 saturated heterocycles. The molecular formula is C24H50O2Si. The van der Waals surface area contributed by atoms with Crippen LogP contribution in [0.2, 0.25) is 10.1 Å². The van der Waals surface area contributed by atoms with Crippen molar-refractivity contribution >= 4 is 8.56 Å². The fraction of sp³-hybridized carbons (Fsp3) is 1.00. The molecule has 2 nitrogen and oxygen atoms in total. The van der Waals surface area contributed by atoms with E-state index in [4.69, 9.17) is 8.85 Å². The Morgan fingerprint density at radius 1 is 0.815 bits per heavy atom. The van der Waals surface area contributed by atoms with Gasteiger partial charge in [-0.3, -0.25) is 0 Å². The summed E-state index contributed by atoms with van der Waals surface area (Å²) in [5, 5.41) is 0.192. The van der Waals surface area contributed by atoms with Crippen LogP contribution >= 0.6 is 0 Å². The lowest BCUT2D eigenvalue weighted by molar-refractivity contribution is -0.0939. The molecule has 1 atom stereocenters. The Hall–Kier alpha value is 0.137. The van der Waals surface area contributed by atoms with E-state index < -0.39 is 8.56 Å². The molecule has 0 heterocycles. The lowest BCUT2D eigenvalue weighted by atomic mass is 9.46. The second kappa shape index (κ2) is 8.88. The van der Waals surface area contributed by atoms with Crippen molar-refractivity contribution in [2.75, 3.05) is 14.2 Å². The minimum Gasteiger partial charge on any atom is -0.397 e. The summed E-state index contributed by atoms with van der Waals surface area (Å²) in [7, 11) is 1.34. The molecule has 1 aliphatic rings. The highest BCUT2D eigenvalue weighted by Crippen LogP contribution is 2.77. The fourth-order valence-electron chi connectivity index (χ4n) is 7.90. The van der Waals surface area contributed by atoms with E-state index in [-0.39, 0.29) is 15.5 Å². The van der Waals surface area contributed by atoms with E-state index >= 15 is 0 Å². The lowest BCUT2D eigenvalue weighted by Gasteiger charge is -2.70. The predicted octanol–water partition coefficient (Wildman–Crippen LogP) is 8.10. The highest BCUT2D eigenvalue weighted by atomic mass is 28.4. The van der Waals surface area contributed by atoms with Crippen molar-refractivity contribution in [1.82, 2.24) is 0 Å². The summed E-state index contributed by atoms with van der Waals surface area (Å²) in [6.07, 6.45) is 10.1. The maximum Gasteiger partial charge on any atom is 0.350 e. The zero-order valence-corrected chi connectivity index (χ0v) is 21.6. The van der Waals surface area contributed by atoms with E-state index in [1.165, 1.54) is 51.4 Å². The van der Waals surface area contributed by atoms with Crippen LogP contribution in [0.5, 0.6) is 0 Å². The molecule has 1 fully saturated rings. The highest BCUT2D eigenvalue weighted by molar-refractivity contribution is 6.74. The molecule has 0 aromatic heterocycles. The van der Waals surface area contributed by atoms with Crippen LogP contribution in [0.3, 0.4) is 0 Å². The first-order valence-corrected chi connectivity index (χ1v) is 13.5. The second-order valence-electron chi connectivity index (χ2n) is 9.97. The summed E-state index contributed by atoms with van der Waals surface area (Å²) in [5.74, 6) is 0.526. The van der Waals surface area contributed by atoms with Gasteiger partial charge in [-0.2, -0.15) is 0 Å². The van der Waals surface area contributed by atoms with Crippen LogP contribution < -0.4 is 0 Å². The molecule has 27 heavy (non-hydrogen) atoms. The second-order valence-corrected chi connectivity index (χ2v) is 14.3. The first-order chi connectivity index (χ1) is 12.6. The molecule has 0 spiro atoms. The van der Waals surface area contributed by atoms with Gasteiger partial charge in [-0.25, -0.2) is 0 Å². The third-order valence-electron chi connectivity index (χ3n) is 9.85. The first-order valence-electron chi connectivity index (χ1n) is 11.7. The molecule has 3 heteroatoms. The van der Waals surface area contributed by atoms with Crippen molar-refractivity contribution in [3.8, 4) is 0 Å². The van der Waals surface area contributed by atoms with Crippen LogP contribution in [-0.2, 0) is 8.85 Å². The maximum atomic E-state index is 6.70. The Bertz CT molecular complexity index is 445. The Morgan fingerprint density at radius 2 is 1.30 bits per heavy atom.